The van der Waals surface area contributed by atoms with Crippen molar-refractivity contribution in [3.8, 4) is 0 Å². The summed E-state index contributed by atoms with van der Waals surface area (Å²) < 4.78 is 0. The van der Waals surface area contributed by atoms with Crippen LogP contribution in [0.15, 0.2) is 65.7 Å². The summed E-state index contributed by atoms with van der Waals surface area (Å²) in [6.07, 6.45) is 0. The maximum absolute atomic E-state index is 4.98. The summed E-state index contributed by atoms with van der Waals surface area (Å²) in [5, 5.41) is 0. The van der Waals surface area contributed by atoms with Gasteiger partial charge in [-0.3, -0.25) is 4.90 Å². The number of fused-ring (bicyclic) bond motifs is 1. The Labute approximate surface area is 119 Å². The lowest BCUT2D eigenvalue weighted by Crippen LogP contribution is -3.02. The minimum atomic E-state index is -0.0175. The van der Waals surface area contributed by atoms with E-state index >= 15 is 0 Å². The number of nitrogens with zero attached hydrogens (tertiary/aromatic N) is 1. The van der Waals surface area contributed by atoms with Gasteiger partial charge in [0, 0.05) is 25.0 Å². The molecule has 3 atom stereocenters. The van der Waals surface area contributed by atoms with Gasteiger partial charge in [0.15, 0.2) is 17.7 Å². The quantitative estimate of drug-likeness (QED) is 0.800. The van der Waals surface area contributed by atoms with Crippen molar-refractivity contribution in [2.75, 3.05) is 0 Å². The molecule has 2 heteroatoms. The third-order valence-electron chi connectivity index (χ3n) is 4.52. The second-order valence-corrected chi connectivity index (χ2v) is 6.24. The Morgan fingerprint density at radius 2 is 1.45 bits per heavy atom. The number of nitrogens with one attached hydrogen (secondary N) is 1. The number of rotatable bonds is 2. The monoisotopic (exact) mass is 263 g/mol. The molecule has 2 nitrogen and oxygen atoms in total. The van der Waals surface area contributed by atoms with Gasteiger partial charge >= 0.3 is 0 Å². The molecule has 1 N–H and O–H groups in total. The molecule has 0 bridgehead atoms. The smallest absolute Gasteiger partial charge is 0.190 e. The topological polar surface area (TPSA) is 16.8 Å². The summed E-state index contributed by atoms with van der Waals surface area (Å²) in [7, 11) is 0. The van der Waals surface area contributed by atoms with Crippen LogP contribution in [0.5, 0.6) is 0 Å². The van der Waals surface area contributed by atoms with Gasteiger partial charge in [-0.05, 0) is 0 Å². The predicted octanol–water partition coefficient (Wildman–Crippen LogP) is 2.23. The average molecular weight is 263 g/mol. The molecule has 1 saturated heterocycles. The third kappa shape index (κ3) is 1.65. The minimum absolute atomic E-state index is 0.0175. The van der Waals surface area contributed by atoms with Crippen LogP contribution < -0.4 is 4.90 Å². The molecule has 1 fully saturated rings. The largest absolute Gasteiger partial charge is 0.288 e. The first-order chi connectivity index (χ1) is 9.68. The van der Waals surface area contributed by atoms with Gasteiger partial charge in [0.1, 0.15) is 5.71 Å². The second-order valence-electron chi connectivity index (χ2n) is 6.24. The Morgan fingerprint density at radius 1 is 0.850 bits per heavy atom. The van der Waals surface area contributed by atoms with Crippen molar-refractivity contribution in [3.05, 3.63) is 71.8 Å². The summed E-state index contributed by atoms with van der Waals surface area (Å²) in [6.45, 7) is 4.49. The number of hydrogen-bond acceptors (Lipinski definition) is 1. The van der Waals surface area contributed by atoms with E-state index in [9.17, 15) is 0 Å². The van der Waals surface area contributed by atoms with E-state index in [1.807, 2.05) is 0 Å². The Bertz CT molecular complexity index is 658. The molecule has 0 amide bonds. The van der Waals surface area contributed by atoms with Crippen LogP contribution in [0.3, 0.4) is 0 Å². The maximum atomic E-state index is 4.98. The molecule has 1 unspecified atom stereocenters. The van der Waals surface area contributed by atoms with Gasteiger partial charge in [0.25, 0.3) is 0 Å². The van der Waals surface area contributed by atoms with Gasteiger partial charge in [0.2, 0.25) is 0 Å². The van der Waals surface area contributed by atoms with Crippen molar-refractivity contribution < 1.29 is 4.90 Å². The zero-order valence-corrected chi connectivity index (χ0v) is 11.9. The van der Waals surface area contributed by atoms with Crippen LogP contribution in [0.2, 0.25) is 0 Å². The van der Waals surface area contributed by atoms with Gasteiger partial charge in [-0.15, -0.1) is 0 Å². The Morgan fingerprint density at radius 3 is 2.10 bits per heavy atom. The number of benzene rings is 2. The Hall–Kier alpha value is -1.93. The lowest BCUT2D eigenvalue weighted by Gasteiger charge is -2.16. The zero-order valence-electron chi connectivity index (χ0n) is 11.9. The first kappa shape index (κ1) is 11.9. The summed E-state index contributed by atoms with van der Waals surface area (Å²) in [5.74, 6) is 0. The number of aliphatic imine (C=N–C) groups is 1. The molecule has 20 heavy (non-hydrogen) atoms. The SMILES string of the molecule is CC1(C)N=C(c2ccccc2)[C@@H]2[C@@H](c3ccccc3)[NH+]21. The van der Waals surface area contributed by atoms with E-state index in [0.717, 1.165) is 0 Å². The lowest BCUT2D eigenvalue weighted by atomic mass is 10.0. The van der Waals surface area contributed by atoms with Gasteiger partial charge in [0.05, 0.1) is 0 Å². The first-order valence-corrected chi connectivity index (χ1v) is 7.26. The van der Waals surface area contributed by atoms with E-state index in [2.05, 4.69) is 74.5 Å². The minimum Gasteiger partial charge on any atom is -0.288 e. The van der Waals surface area contributed by atoms with Gasteiger partial charge in [-0.25, -0.2) is 4.99 Å². The first-order valence-electron chi connectivity index (χ1n) is 7.26. The van der Waals surface area contributed by atoms with Crippen LogP contribution in [0, 0.1) is 0 Å². The molecule has 2 aliphatic rings. The molecule has 2 aromatic carbocycles. The fraction of sp³-hybridized carbons (Fsp3) is 0.278. The fourth-order valence-electron chi connectivity index (χ4n) is 3.65. The van der Waals surface area contributed by atoms with Crippen LogP contribution in [-0.4, -0.2) is 17.4 Å². The normalized spacial score (nSPS) is 29.7. The molecular weight excluding hydrogens is 244 g/mol. The van der Waals surface area contributed by atoms with Crippen molar-refractivity contribution in [1.29, 1.82) is 0 Å². The van der Waals surface area contributed by atoms with E-state index in [4.69, 9.17) is 4.99 Å². The van der Waals surface area contributed by atoms with Gasteiger partial charge < -0.3 is 0 Å². The van der Waals surface area contributed by atoms with E-state index < -0.39 is 0 Å². The Kier molecular flexibility index (Phi) is 2.39. The third-order valence-corrected chi connectivity index (χ3v) is 4.52. The van der Waals surface area contributed by atoms with Gasteiger partial charge in [-0.1, -0.05) is 60.7 Å². The van der Waals surface area contributed by atoms with Crippen molar-refractivity contribution in [2.24, 2.45) is 4.99 Å². The highest BCUT2D eigenvalue weighted by Crippen LogP contribution is 2.34. The molecule has 0 aromatic heterocycles. The molecular formula is C18H19N2+. The molecule has 2 aromatic rings. The van der Waals surface area contributed by atoms with Crippen LogP contribution in [0.4, 0.5) is 0 Å². The van der Waals surface area contributed by atoms with Crippen LogP contribution in [0.25, 0.3) is 0 Å². The van der Waals surface area contributed by atoms with E-state index in [1.54, 1.807) is 4.90 Å². The standard InChI is InChI=1S/C18H18N2/c1-18(2)19-15(13-9-5-3-6-10-13)17-16(20(17)18)14-11-7-4-8-12-14/h3-12,16-17H,1-2H3/p+1/t16-,17-,20?/m1/s1. The fourth-order valence-corrected chi connectivity index (χ4v) is 3.65. The molecule has 100 valence electrons. The lowest BCUT2D eigenvalue weighted by molar-refractivity contribution is -0.837. The molecule has 0 spiro atoms. The number of quaternary nitrogens is 1. The van der Waals surface area contributed by atoms with Crippen molar-refractivity contribution in [2.45, 2.75) is 31.6 Å². The van der Waals surface area contributed by atoms with Crippen molar-refractivity contribution in [1.82, 2.24) is 0 Å². The number of hydrogen-bond donors (Lipinski definition) is 1. The average Bonchev–Trinajstić information content (AvgIpc) is 3.17. The molecule has 2 aliphatic heterocycles. The zero-order chi connectivity index (χ0) is 13.7. The summed E-state index contributed by atoms with van der Waals surface area (Å²) in [4.78, 5) is 6.56. The summed E-state index contributed by atoms with van der Waals surface area (Å²) in [5.41, 5.74) is 3.97. The van der Waals surface area contributed by atoms with E-state index in [1.165, 1.54) is 16.8 Å². The summed E-state index contributed by atoms with van der Waals surface area (Å²) in [6, 6.07) is 22.6. The molecule has 0 aliphatic carbocycles. The van der Waals surface area contributed by atoms with E-state index in [-0.39, 0.29) is 5.66 Å². The van der Waals surface area contributed by atoms with Crippen LogP contribution in [-0.2, 0) is 0 Å². The van der Waals surface area contributed by atoms with Gasteiger partial charge in [-0.2, -0.15) is 0 Å². The molecule has 0 saturated carbocycles. The van der Waals surface area contributed by atoms with Crippen molar-refractivity contribution in [3.63, 3.8) is 0 Å². The van der Waals surface area contributed by atoms with Crippen LogP contribution in [0.1, 0.15) is 31.0 Å². The highest BCUT2D eigenvalue weighted by molar-refractivity contribution is 6.06. The Balaban J connectivity index is 1.73. The molecule has 0 radical (unpaired) electrons. The molecule has 2 heterocycles. The van der Waals surface area contributed by atoms with E-state index in [0.29, 0.717) is 12.1 Å². The highest BCUT2D eigenvalue weighted by atomic mass is 15.5. The predicted molar refractivity (Wildman–Crippen MR) is 81.0 cm³/mol. The second kappa shape index (κ2) is 4.03. The summed E-state index contributed by atoms with van der Waals surface area (Å²) >= 11 is 0. The highest BCUT2D eigenvalue weighted by Gasteiger charge is 2.68. The van der Waals surface area contributed by atoms with Crippen molar-refractivity contribution >= 4 is 5.71 Å². The maximum Gasteiger partial charge on any atom is 0.190 e. The molecule has 4 rings (SSSR count). The van der Waals surface area contributed by atoms with Crippen LogP contribution >= 0.6 is 0 Å².